The van der Waals surface area contributed by atoms with Gasteiger partial charge in [-0.15, -0.1) is 11.6 Å². The Morgan fingerprint density at radius 3 is 2.37 bits per heavy atom. The fourth-order valence-corrected chi connectivity index (χ4v) is 2.98. The minimum atomic E-state index is -0.524. The van der Waals surface area contributed by atoms with Crippen molar-refractivity contribution in [3.63, 3.8) is 0 Å². The zero-order chi connectivity index (χ0) is 14.2. The molecule has 0 radical (unpaired) electrons. The molecule has 4 heteroatoms. The predicted molar refractivity (Wildman–Crippen MR) is 82.7 cm³/mol. The van der Waals surface area contributed by atoms with E-state index >= 15 is 0 Å². The Hall–Kier alpha value is -0.570. The van der Waals surface area contributed by atoms with Crippen molar-refractivity contribution in [3.8, 4) is 0 Å². The standard InChI is InChI=1S/C15H12BrCl2F/c1-8-6-13(16)9(2)5-12(8)15(18)11-4-3-10(17)7-14(11)19/h3-7,15H,1-2H3. The normalized spacial score (nSPS) is 12.5. The summed E-state index contributed by atoms with van der Waals surface area (Å²) < 4.78 is 14.9. The van der Waals surface area contributed by atoms with Crippen molar-refractivity contribution in [3.05, 3.63) is 67.9 Å². The predicted octanol–water partition coefficient (Wildman–Crippen LogP) is 6.19. The highest BCUT2D eigenvalue weighted by Crippen LogP contribution is 2.35. The van der Waals surface area contributed by atoms with E-state index in [1.807, 2.05) is 26.0 Å². The quantitative estimate of drug-likeness (QED) is 0.559. The molecule has 0 aliphatic rings. The van der Waals surface area contributed by atoms with Crippen LogP contribution in [-0.4, -0.2) is 0 Å². The van der Waals surface area contributed by atoms with Crippen molar-refractivity contribution < 1.29 is 4.39 Å². The van der Waals surface area contributed by atoms with Crippen LogP contribution in [0.5, 0.6) is 0 Å². The lowest BCUT2D eigenvalue weighted by Gasteiger charge is -2.16. The minimum absolute atomic E-state index is 0.369. The molecule has 0 spiro atoms. The largest absolute Gasteiger partial charge is 0.207 e. The summed E-state index contributed by atoms with van der Waals surface area (Å²) in [4.78, 5) is 0. The minimum Gasteiger partial charge on any atom is -0.207 e. The van der Waals surface area contributed by atoms with Crippen LogP contribution in [0.1, 0.15) is 27.6 Å². The topological polar surface area (TPSA) is 0 Å². The van der Waals surface area contributed by atoms with E-state index in [9.17, 15) is 4.39 Å². The number of alkyl halides is 1. The van der Waals surface area contributed by atoms with Gasteiger partial charge in [0.15, 0.2) is 0 Å². The second-order valence-electron chi connectivity index (χ2n) is 4.49. The van der Waals surface area contributed by atoms with Gasteiger partial charge >= 0.3 is 0 Å². The maximum Gasteiger partial charge on any atom is 0.129 e. The fourth-order valence-electron chi connectivity index (χ4n) is 1.95. The zero-order valence-electron chi connectivity index (χ0n) is 10.5. The van der Waals surface area contributed by atoms with Crippen molar-refractivity contribution in [1.82, 2.24) is 0 Å². The van der Waals surface area contributed by atoms with Crippen LogP contribution in [0.4, 0.5) is 4.39 Å². The van der Waals surface area contributed by atoms with Gasteiger partial charge in [-0.2, -0.15) is 0 Å². The first-order valence-corrected chi connectivity index (χ1v) is 7.36. The van der Waals surface area contributed by atoms with E-state index in [1.54, 1.807) is 12.1 Å². The third kappa shape index (κ3) is 3.13. The Morgan fingerprint density at radius 1 is 1.05 bits per heavy atom. The summed E-state index contributed by atoms with van der Waals surface area (Å²) in [6.07, 6.45) is 0. The molecule has 0 nitrogen and oxygen atoms in total. The molecule has 2 rings (SSSR count). The highest BCUT2D eigenvalue weighted by Gasteiger charge is 2.18. The SMILES string of the molecule is Cc1cc(C(Cl)c2ccc(Cl)cc2F)c(C)cc1Br. The van der Waals surface area contributed by atoms with Crippen LogP contribution in [0, 0.1) is 19.7 Å². The van der Waals surface area contributed by atoms with E-state index in [-0.39, 0.29) is 5.82 Å². The Balaban J connectivity index is 2.49. The third-order valence-corrected chi connectivity index (χ3v) is 4.62. The second-order valence-corrected chi connectivity index (χ2v) is 6.21. The fraction of sp³-hybridized carbons (Fsp3) is 0.200. The van der Waals surface area contributed by atoms with Gasteiger partial charge in [0.05, 0.1) is 5.38 Å². The molecule has 0 N–H and O–H groups in total. The summed E-state index contributed by atoms with van der Waals surface area (Å²) in [5.41, 5.74) is 3.44. The molecule has 0 bridgehead atoms. The number of halogens is 4. The lowest BCUT2D eigenvalue weighted by molar-refractivity contribution is 0.612. The molecule has 19 heavy (non-hydrogen) atoms. The lowest BCUT2D eigenvalue weighted by Crippen LogP contribution is -2.00. The Kier molecular flexibility index (Phi) is 4.54. The van der Waals surface area contributed by atoms with E-state index in [2.05, 4.69) is 15.9 Å². The van der Waals surface area contributed by atoms with Crippen LogP contribution in [0.15, 0.2) is 34.8 Å². The summed E-state index contributed by atoms with van der Waals surface area (Å²) in [6.45, 7) is 3.94. The second kappa shape index (κ2) is 5.82. The zero-order valence-corrected chi connectivity index (χ0v) is 13.6. The van der Waals surface area contributed by atoms with Gasteiger partial charge in [-0.1, -0.05) is 39.7 Å². The molecule has 0 aromatic heterocycles. The Labute approximate surface area is 130 Å². The molecule has 1 atom stereocenters. The van der Waals surface area contributed by atoms with Crippen LogP contribution in [0.3, 0.4) is 0 Å². The third-order valence-electron chi connectivity index (χ3n) is 3.06. The van der Waals surface area contributed by atoms with Gasteiger partial charge in [0.2, 0.25) is 0 Å². The Bertz CT molecular complexity index is 626. The summed E-state index contributed by atoms with van der Waals surface area (Å²) in [5, 5.41) is -0.155. The molecule has 2 aromatic rings. The van der Waals surface area contributed by atoms with Gasteiger partial charge in [-0.3, -0.25) is 0 Å². The smallest absolute Gasteiger partial charge is 0.129 e. The highest BCUT2D eigenvalue weighted by atomic mass is 79.9. The van der Waals surface area contributed by atoms with Crippen molar-refractivity contribution in [2.24, 2.45) is 0 Å². The molecule has 0 saturated heterocycles. The van der Waals surface area contributed by atoms with Crippen LogP contribution in [0.25, 0.3) is 0 Å². The van der Waals surface area contributed by atoms with Crippen LogP contribution in [-0.2, 0) is 0 Å². The summed E-state index contributed by atoms with van der Waals surface area (Å²) in [6, 6.07) is 8.54. The summed E-state index contributed by atoms with van der Waals surface area (Å²) >= 11 is 15.7. The number of benzene rings is 2. The number of hydrogen-bond acceptors (Lipinski definition) is 0. The molecule has 100 valence electrons. The van der Waals surface area contributed by atoms with Crippen LogP contribution in [0.2, 0.25) is 5.02 Å². The summed E-state index contributed by atoms with van der Waals surface area (Å²) in [5.74, 6) is -0.382. The first kappa shape index (κ1) is 14.8. The number of aryl methyl sites for hydroxylation is 2. The van der Waals surface area contributed by atoms with Crippen molar-refractivity contribution >= 4 is 39.1 Å². The summed E-state index contributed by atoms with van der Waals surface area (Å²) in [7, 11) is 0. The van der Waals surface area contributed by atoms with E-state index in [4.69, 9.17) is 23.2 Å². The Morgan fingerprint density at radius 2 is 1.74 bits per heavy atom. The number of rotatable bonds is 2. The molecule has 0 amide bonds. The van der Waals surface area contributed by atoms with Crippen LogP contribution < -0.4 is 0 Å². The van der Waals surface area contributed by atoms with Gasteiger partial charge in [0, 0.05) is 15.1 Å². The molecular weight excluding hydrogens is 350 g/mol. The van der Waals surface area contributed by atoms with E-state index < -0.39 is 5.38 Å². The van der Waals surface area contributed by atoms with Crippen LogP contribution >= 0.6 is 39.1 Å². The van der Waals surface area contributed by atoms with Gasteiger partial charge in [0.25, 0.3) is 0 Å². The molecule has 0 saturated carbocycles. The van der Waals surface area contributed by atoms with Crippen molar-refractivity contribution in [1.29, 1.82) is 0 Å². The average Bonchev–Trinajstić information content (AvgIpc) is 2.33. The molecule has 0 heterocycles. The highest BCUT2D eigenvalue weighted by molar-refractivity contribution is 9.10. The molecule has 0 aliphatic heterocycles. The maximum absolute atomic E-state index is 13.9. The lowest BCUT2D eigenvalue weighted by atomic mass is 9.98. The number of hydrogen-bond donors (Lipinski definition) is 0. The maximum atomic E-state index is 13.9. The van der Waals surface area contributed by atoms with Gasteiger partial charge < -0.3 is 0 Å². The first-order valence-electron chi connectivity index (χ1n) is 5.76. The van der Waals surface area contributed by atoms with Crippen molar-refractivity contribution in [2.75, 3.05) is 0 Å². The van der Waals surface area contributed by atoms with Crippen molar-refractivity contribution in [2.45, 2.75) is 19.2 Å². The van der Waals surface area contributed by atoms with Gasteiger partial charge in [-0.25, -0.2) is 4.39 Å². The molecule has 0 aliphatic carbocycles. The monoisotopic (exact) mass is 360 g/mol. The van der Waals surface area contributed by atoms with E-state index in [1.165, 1.54) is 6.07 Å². The average molecular weight is 362 g/mol. The van der Waals surface area contributed by atoms with Gasteiger partial charge in [0.1, 0.15) is 5.82 Å². The van der Waals surface area contributed by atoms with Gasteiger partial charge in [-0.05, 0) is 48.7 Å². The van der Waals surface area contributed by atoms with E-state index in [0.29, 0.717) is 10.6 Å². The molecule has 0 fully saturated rings. The van der Waals surface area contributed by atoms with E-state index in [0.717, 1.165) is 21.2 Å². The molecule has 1 unspecified atom stereocenters. The molecule has 2 aromatic carbocycles. The first-order chi connectivity index (χ1) is 8.90. The molecular formula is C15H12BrCl2F.